The van der Waals surface area contributed by atoms with E-state index in [9.17, 15) is 4.79 Å². The fourth-order valence-electron chi connectivity index (χ4n) is 4.02. The molecule has 4 aromatic rings. The van der Waals surface area contributed by atoms with Gasteiger partial charge in [-0.1, -0.05) is 54.6 Å². The van der Waals surface area contributed by atoms with Crippen molar-refractivity contribution in [3.8, 4) is 22.3 Å². The van der Waals surface area contributed by atoms with Gasteiger partial charge < -0.3 is 10.1 Å². The number of hydrogen-bond acceptors (Lipinski definition) is 6. The largest absolute Gasteiger partial charge is 0.379 e. The van der Waals surface area contributed by atoms with Crippen LogP contribution in [-0.4, -0.2) is 59.2 Å². The van der Waals surface area contributed by atoms with Gasteiger partial charge in [-0.2, -0.15) is 4.98 Å². The SMILES string of the molecule is O=c1[nH]c(NCCN2CCOCC2)nc2nccc(-c3ccc(-c4ccccc4)cc3)c12. The summed E-state index contributed by atoms with van der Waals surface area (Å²) in [5.74, 6) is 0.444. The number of aromatic nitrogens is 3. The number of pyridine rings is 1. The molecule has 3 heterocycles. The number of hydrogen-bond donors (Lipinski definition) is 2. The van der Waals surface area contributed by atoms with Crippen molar-refractivity contribution >= 4 is 17.0 Å². The summed E-state index contributed by atoms with van der Waals surface area (Å²) in [6, 6.07) is 20.3. The first-order valence-corrected chi connectivity index (χ1v) is 10.9. The van der Waals surface area contributed by atoms with E-state index in [-0.39, 0.29) is 5.56 Å². The van der Waals surface area contributed by atoms with Crippen LogP contribution < -0.4 is 10.9 Å². The molecule has 0 aliphatic carbocycles. The maximum atomic E-state index is 12.9. The number of fused-ring (bicyclic) bond motifs is 1. The van der Waals surface area contributed by atoms with Gasteiger partial charge in [0.2, 0.25) is 5.95 Å². The first-order valence-electron chi connectivity index (χ1n) is 10.9. The summed E-state index contributed by atoms with van der Waals surface area (Å²) in [5.41, 5.74) is 4.31. The molecular weight excluding hydrogens is 402 g/mol. The highest BCUT2D eigenvalue weighted by Crippen LogP contribution is 2.27. The molecule has 1 aliphatic heterocycles. The molecular formula is C25H25N5O2. The van der Waals surface area contributed by atoms with Crippen LogP contribution in [0.1, 0.15) is 0 Å². The number of aromatic amines is 1. The lowest BCUT2D eigenvalue weighted by atomic mass is 9.99. The van der Waals surface area contributed by atoms with Gasteiger partial charge in [-0.25, -0.2) is 4.98 Å². The second-order valence-corrected chi connectivity index (χ2v) is 7.80. The molecule has 0 saturated carbocycles. The standard InChI is InChI=1S/C25H25N5O2/c31-24-22-21(20-8-6-19(7-9-20)18-4-2-1-3-5-18)10-11-26-23(22)28-25(29-24)27-12-13-30-14-16-32-17-15-30/h1-11H,12-17H2,(H2,26,27,28,29,31). The summed E-state index contributed by atoms with van der Waals surface area (Å²) in [4.78, 5) is 27.0. The Bertz CT molecular complexity index is 1250. The molecule has 0 amide bonds. The number of H-pyrrole nitrogens is 1. The van der Waals surface area contributed by atoms with Crippen LogP contribution in [0.2, 0.25) is 0 Å². The maximum Gasteiger partial charge on any atom is 0.262 e. The van der Waals surface area contributed by atoms with Gasteiger partial charge in [0.1, 0.15) is 0 Å². The van der Waals surface area contributed by atoms with E-state index < -0.39 is 0 Å². The molecule has 1 saturated heterocycles. The van der Waals surface area contributed by atoms with E-state index in [1.54, 1.807) is 6.20 Å². The average molecular weight is 428 g/mol. The third kappa shape index (κ3) is 4.39. The molecule has 0 radical (unpaired) electrons. The van der Waals surface area contributed by atoms with Gasteiger partial charge in [-0.3, -0.25) is 14.7 Å². The topological polar surface area (TPSA) is 83.1 Å². The zero-order valence-corrected chi connectivity index (χ0v) is 17.8. The van der Waals surface area contributed by atoms with Crippen molar-refractivity contribution in [3.05, 3.63) is 77.2 Å². The number of nitrogens with zero attached hydrogens (tertiary/aromatic N) is 3. The maximum absolute atomic E-state index is 12.9. The summed E-state index contributed by atoms with van der Waals surface area (Å²) in [6.45, 7) is 4.95. The Labute approximate surface area is 186 Å². The van der Waals surface area contributed by atoms with Crippen molar-refractivity contribution in [3.63, 3.8) is 0 Å². The van der Waals surface area contributed by atoms with Crippen LogP contribution in [-0.2, 0) is 4.74 Å². The van der Waals surface area contributed by atoms with Gasteiger partial charge in [-0.05, 0) is 28.3 Å². The van der Waals surface area contributed by atoms with Gasteiger partial charge in [0.05, 0.1) is 18.6 Å². The molecule has 0 bridgehead atoms. The minimum Gasteiger partial charge on any atom is -0.379 e. The highest BCUT2D eigenvalue weighted by molar-refractivity contribution is 5.92. The smallest absolute Gasteiger partial charge is 0.262 e. The first kappa shape index (κ1) is 20.4. The molecule has 0 atom stereocenters. The summed E-state index contributed by atoms with van der Waals surface area (Å²) >= 11 is 0. The Hall–Kier alpha value is -3.55. The lowest BCUT2D eigenvalue weighted by molar-refractivity contribution is 0.0398. The molecule has 2 aromatic heterocycles. The number of rotatable bonds is 6. The minimum atomic E-state index is -0.195. The predicted octanol–water partition coefficient (Wildman–Crippen LogP) is 3.40. The summed E-state index contributed by atoms with van der Waals surface area (Å²) < 4.78 is 5.37. The van der Waals surface area contributed by atoms with Gasteiger partial charge in [-0.15, -0.1) is 0 Å². The second kappa shape index (κ2) is 9.30. The van der Waals surface area contributed by atoms with Crippen LogP contribution in [0.25, 0.3) is 33.3 Å². The monoisotopic (exact) mass is 427 g/mol. The van der Waals surface area contributed by atoms with E-state index in [4.69, 9.17) is 4.74 Å². The second-order valence-electron chi connectivity index (χ2n) is 7.80. The third-order valence-corrected chi connectivity index (χ3v) is 5.73. The summed E-state index contributed by atoms with van der Waals surface area (Å²) in [7, 11) is 0. The average Bonchev–Trinajstić information content (AvgIpc) is 2.85. The Morgan fingerprint density at radius 2 is 1.66 bits per heavy atom. The van der Waals surface area contributed by atoms with E-state index in [1.165, 1.54) is 0 Å². The number of nitrogens with one attached hydrogen (secondary N) is 2. The van der Waals surface area contributed by atoms with Gasteiger partial charge >= 0.3 is 0 Å². The van der Waals surface area contributed by atoms with E-state index in [0.717, 1.165) is 55.1 Å². The molecule has 7 heteroatoms. The molecule has 162 valence electrons. The Morgan fingerprint density at radius 1 is 0.938 bits per heavy atom. The van der Waals surface area contributed by atoms with Crippen molar-refractivity contribution in [1.82, 2.24) is 19.9 Å². The predicted molar refractivity (Wildman–Crippen MR) is 127 cm³/mol. The molecule has 7 nitrogen and oxygen atoms in total. The fourth-order valence-corrected chi connectivity index (χ4v) is 4.02. The molecule has 5 rings (SSSR count). The molecule has 0 unspecified atom stereocenters. The number of anilines is 1. The summed E-state index contributed by atoms with van der Waals surface area (Å²) in [6.07, 6.45) is 1.70. The number of morpholine rings is 1. The first-order chi connectivity index (χ1) is 15.8. The molecule has 1 aliphatic rings. The third-order valence-electron chi connectivity index (χ3n) is 5.73. The zero-order valence-electron chi connectivity index (χ0n) is 17.8. The van der Waals surface area contributed by atoms with Gasteiger partial charge in [0, 0.05) is 32.4 Å². The van der Waals surface area contributed by atoms with E-state index in [2.05, 4.69) is 49.4 Å². The van der Waals surface area contributed by atoms with Crippen molar-refractivity contribution in [1.29, 1.82) is 0 Å². The highest BCUT2D eigenvalue weighted by atomic mass is 16.5. The Kier molecular flexibility index (Phi) is 5.91. The quantitative estimate of drug-likeness (QED) is 0.491. The Balaban J connectivity index is 1.38. The van der Waals surface area contributed by atoms with Crippen LogP contribution in [0.3, 0.4) is 0 Å². The van der Waals surface area contributed by atoms with E-state index >= 15 is 0 Å². The van der Waals surface area contributed by atoms with Crippen LogP contribution in [0, 0.1) is 0 Å². The minimum absolute atomic E-state index is 0.195. The van der Waals surface area contributed by atoms with Crippen molar-refractivity contribution < 1.29 is 4.74 Å². The molecule has 0 spiro atoms. The number of benzene rings is 2. The Morgan fingerprint density at radius 3 is 2.44 bits per heavy atom. The number of ether oxygens (including phenoxy) is 1. The molecule has 2 aromatic carbocycles. The van der Waals surface area contributed by atoms with Crippen LogP contribution in [0.15, 0.2) is 71.7 Å². The lowest BCUT2D eigenvalue weighted by Crippen LogP contribution is -2.39. The molecule has 32 heavy (non-hydrogen) atoms. The molecule has 2 N–H and O–H groups in total. The highest BCUT2D eigenvalue weighted by Gasteiger charge is 2.13. The fraction of sp³-hybridized carbons (Fsp3) is 0.240. The van der Waals surface area contributed by atoms with E-state index in [0.29, 0.717) is 23.5 Å². The van der Waals surface area contributed by atoms with Crippen molar-refractivity contribution in [2.24, 2.45) is 0 Å². The summed E-state index contributed by atoms with van der Waals surface area (Å²) in [5, 5.41) is 3.72. The lowest BCUT2D eigenvalue weighted by Gasteiger charge is -2.26. The zero-order chi connectivity index (χ0) is 21.8. The van der Waals surface area contributed by atoms with Crippen molar-refractivity contribution in [2.75, 3.05) is 44.7 Å². The van der Waals surface area contributed by atoms with Crippen LogP contribution >= 0.6 is 0 Å². The molecule has 1 fully saturated rings. The van der Waals surface area contributed by atoms with E-state index in [1.807, 2.05) is 36.4 Å². The van der Waals surface area contributed by atoms with Gasteiger partial charge in [0.15, 0.2) is 5.65 Å². The van der Waals surface area contributed by atoms with Crippen LogP contribution in [0.4, 0.5) is 5.95 Å². The normalized spacial score (nSPS) is 14.5. The van der Waals surface area contributed by atoms with Crippen molar-refractivity contribution in [2.45, 2.75) is 0 Å². The van der Waals surface area contributed by atoms with Gasteiger partial charge in [0.25, 0.3) is 5.56 Å². The van der Waals surface area contributed by atoms with Crippen LogP contribution in [0.5, 0.6) is 0 Å².